The molecule has 0 spiro atoms. The molecule has 1 rings (SSSR count). The lowest BCUT2D eigenvalue weighted by Crippen LogP contribution is -2.43. The number of carbonyl (C=O) groups is 2. The van der Waals surface area contributed by atoms with Gasteiger partial charge in [-0.15, -0.1) is 0 Å². The predicted molar refractivity (Wildman–Crippen MR) is 93.2 cm³/mol. The quantitative estimate of drug-likeness (QED) is 0.363. The molecule has 0 saturated heterocycles. The topological polar surface area (TPSA) is 153 Å². The highest BCUT2D eigenvalue weighted by Gasteiger charge is 2.27. The van der Waals surface area contributed by atoms with Crippen LogP contribution in [0.15, 0.2) is 18.2 Å². The number of aliphatic hydroxyl groups excluding tert-OH is 1. The second-order valence-electron chi connectivity index (χ2n) is 5.55. The van der Waals surface area contributed by atoms with Crippen molar-refractivity contribution in [2.45, 2.75) is 32.7 Å². The normalized spacial score (nSPS) is 11.5. The number of benzene rings is 1. The number of nitro benzene ring substituents is 2. The van der Waals surface area contributed by atoms with Crippen LogP contribution in [0.5, 0.6) is 0 Å². The Balaban J connectivity index is 3.25. The van der Waals surface area contributed by atoms with Crippen molar-refractivity contribution in [3.63, 3.8) is 0 Å². The van der Waals surface area contributed by atoms with Gasteiger partial charge in [-0.3, -0.25) is 29.8 Å². The van der Waals surface area contributed by atoms with Gasteiger partial charge in [-0.2, -0.15) is 0 Å². The van der Waals surface area contributed by atoms with Gasteiger partial charge in [-0.25, -0.2) is 0 Å². The van der Waals surface area contributed by atoms with Crippen molar-refractivity contribution in [1.82, 2.24) is 4.90 Å². The Bertz CT molecular complexity index is 685. The van der Waals surface area contributed by atoms with Crippen LogP contribution >= 0.6 is 0 Å². The van der Waals surface area contributed by atoms with Crippen LogP contribution in [0.1, 0.15) is 37.0 Å². The van der Waals surface area contributed by atoms with E-state index >= 15 is 0 Å². The summed E-state index contributed by atoms with van der Waals surface area (Å²) in [5, 5.41) is 31.5. The van der Waals surface area contributed by atoms with Crippen molar-refractivity contribution < 1.29 is 29.3 Å². The fraction of sp³-hybridized carbons (Fsp3) is 0.500. The molecule has 11 heteroatoms. The Labute approximate surface area is 154 Å². The number of aliphatic hydroxyl groups is 1. The lowest BCUT2D eigenvalue weighted by molar-refractivity contribution is -0.394. The van der Waals surface area contributed by atoms with Gasteiger partial charge in [0.2, 0.25) is 0 Å². The molecule has 0 radical (unpaired) electrons. The van der Waals surface area contributed by atoms with Crippen LogP contribution < -0.4 is 0 Å². The number of esters is 1. The number of nitro groups is 2. The smallest absolute Gasteiger partial charge is 0.307 e. The number of amides is 1. The third kappa shape index (κ3) is 5.99. The number of carbonyl (C=O) groups excluding carboxylic acids is 2. The molecule has 1 unspecified atom stereocenters. The van der Waals surface area contributed by atoms with Gasteiger partial charge in [0, 0.05) is 18.7 Å². The summed E-state index contributed by atoms with van der Waals surface area (Å²) in [4.78, 5) is 45.9. The first-order valence-electron chi connectivity index (χ1n) is 8.26. The summed E-state index contributed by atoms with van der Waals surface area (Å²) in [7, 11) is 0. The van der Waals surface area contributed by atoms with E-state index in [-0.39, 0.29) is 25.1 Å². The molecule has 0 bridgehead atoms. The van der Waals surface area contributed by atoms with Gasteiger partial charge in [-0.05, 0) is 13.3 Å². The van der Waals surface area contributed by atoms with E-state index in [9.17, 15) is 34.9 Å². The Morgan fingerprint density at radius 2 is 1.70 bits per heavy atom. The lowest BCUT2D eigenvalue weighted by Gasteiger charge is -2.29. The molecule has 11 nitrogen and oxygen atoms in total. The largest absolute Gasteiger partial charge is 0.466 e. The molecule has 0 aromatic heterocycles. The lowest BCUT2D eigenvalue weighted by atomic mass is 10.1. The molecule has 1 atom stereocenters. The van der Waals surface area contributed by atoms with E-state index in [2.05, 4.69) is 0 Å². The molecule has 0 aliphatic heterocycles. The maximum Gasteiger partial charge on any atom is 0.307 e. The molecule has 1 aromatic rings. The predicted octanol–water partition coefficient (Wildman–Crippen LogP) is 1.67. The minimum absolute atomic E-state index is 0.104. The molecule has 148 valence electrons. The van der Waals surface area contributed by atoms with Crippen LogP contribution in [-0.4, -0.2) is 57.5 Å². The fourth-order valence-electron chi connectivity index (χ4n) is 2.44. The maximum atomic E-state index is 12.8. The van der Waals surface area contributed by atoms with E-state index < -0.39 is 45.7 Å². The molecule has 0 heterocycles. The maximum absolute atomic E-state index is 12.8. The first-order chi connectivity index (χ1) is 12.7. The van der Waals surface area contributed by atoms with Crippen molar-refractivity contribution in [2.75, 3.05) is 19.8 Å². The van der Waals surface area contributed by atoms with Gasteiger partial charge in [-0.1, -0.05) is 6.92 Å². The summed E-state index contributed by atoms with van der Waals surface area (Å²) in [6.07, 6.45) is 0.204. The van der Waals surface area contributed by atoms with Crippen LogP contribution in [0.4, 0.5) is 11.4 Å². The van der Waals surface area contributed by atoms with Gasteiger partial charge < -0.3 is 14.7 Å². The second kappa shape index (κ2) is 10.2. The molecule has 27 heavy (non-hydrogen) atoms. The van der Waals surface area contributed by atoms with Gasteiger partial charge >= 0.3 is 5.97 Å². The first kappa shape index (κ1) is 22.0. The van der Waals surface area contributed by atoms with Gasteiger partial charge in [0.15, 0.2) is 0 Å². The van der Waals surface area contributed by atoms with Gasteiger partial charge in [0.05, 0.1) is 47.2 Å². The summed E-state index contributed by atoms with van der Waals surface area (Å²) in [5.41, 5.74) is -1.48. The van der Waals surface area contributed by atoms with Crippen LogP contribution in [0.2, 0.25) is 0 Å². The summed E-state index contributed by atoms with van der Waals surface area (Å²) < 4.78 is 4.81. The van der Waals surface area contributed by atoms with E-state index in [4.69, 9.17) is 4.74 Å². The molecule has 0 aliphatic rings. The minimum Gasteiger partial charge on any atom is -0.466 e. The van der Waals surface area contributed by atoms with E-state index in [1.54, 1.807) is 13.8 Å². The summed E-state index contributed by atoms with van der Waals surface area (Å²) in [6.45, 7) is 3.00. The molecule has 0 aliphatic carbocycles. The van der Waals surface area contributed by atoms with Crippen molar-refractivity contribution in [2.24, 2.45) is 0 Å². The zero-order valence-corrected chi connectivity index (χ0v) is 15.0. The van der Waals surface area contributed by atoms with Gasteiger partial charge in [0.25, 0.3) is 17.3 Å². The highest BCUT2D eigenvalue weighted by Crippen LogP contribution is 2.24. The molecule has 1 aromatic carbocycles. The van der Waals surface area contributed by atoms with Gasteiger partial charge in [0.1, 0.15) is 0 Å². The number of nitrogens with zero attached hydrogens (tertiary/aromatic N) is 3. The molecular weight excluding hydrogens is 362 g/mol. The van der Waals surface area contributed by atoms with E-state index in [0.717, 1.165) is 18.2 Å². The van der Waals surface area contributed by atoms with Crippen molar-refractivity contribution in [3.8, 4) is 0 Å². The number of ether oxygens (including phenoxy) is 1. The zero-order valence-electron chi connectivity index (χ0n) is 15.0. The Morgan fingerprint density at radius 3 is 2.11 bits per heavy atom. The second-order valence-corrected chi connectivity index (χ2v) is 5.55. The number of hydrogen-bond acceptors (Lipinski definition) is 8. The average molecular weight is 383 g/mol. The summed E-state index contributed by atoms with van der Waals surface area (Å²) in [5.74, 6) is -1.31. The Kier molecular flexibility index (Phi) is 8.27. The Morgan fingerprint density at radius 1 is 1.15 bits per heavy atom. The first-order valence-corrected chi connectivity index (χ1v) is 8.26. The SMILES string of the molecule is CCOC(=O)CCN(C(=O)c1cc([N+](=O)[O-])cc([N+](=O)[O-])c1)C(CC)CO. The van der Waals surface area contributed by atoms with Crippen LogP contribution in [0, 0.1) is 20.2 Å². The summed E-state index contributed by atoms with van der Waals surface area (Å²) in [6, 6.07) is 1.95. The number of hydrogen-bond donors (Lipinski definition) is 1. The Hall–Kier alpha value is -3.08. The van der Waals surface area contributed by atoms with Crippen LogP contribution in [0.25, 0.3) is 0 Å². The highest BCUT2D eigenvalue weighted by molar-refractivity contribution is 5.96. The van der Waals surface area contributed by atoms with Crippen molar-refractivity contribution in [1.29, 1.82) is 0 Å². The number of non-ortho nitro benzene ring substituents is 2. The van der Waals surface area contributed by atoms with E-state index in [0.29, 0.717) is 6.42 Å². The molecule has 1 N–H and O–H groups in total. The van der Waals surface area contributed by atoms with Crippen molar-refractivity contribution >= 4 is 23.3 Å². The monoisotopic (exact) mass is 383 g/mol. The zero-order chi connectivity index (χ0) is 20.6. The fourth-order valence-corrected chi connectivity index (χ4v) is 2.44. The molecule has 0 fully saturated rings. The average Bonchev–Trinajstić information content (AvgIpc) is 2.64. The van der Waals surface area contributed by atoms with Crippen LogP contribution in [0.3, 0.4) is 0 Å². The van der Waals surface area contributed by atoms with Crippen LogP contribution in [-0.2, 0) is 9.53 Å². The van der Waals surface area contributed by atoms with Crippen molar-refractivity contribution in [3.05, 3.63) is 44.0 Å². The number of rotatable bonds is 10. The molecule has 1 amide bonds. The standard InChI is InChI=1S/C16H21N3O8/c1-3-12(10-20)17(6-5-15(21)27-4-2)16(22)11-7-13(18(23)24)9-14(8-11)19(25)26/h7-9,12,20H,3-6,10H2,1-2H3. The minimum atomic E-state index is -0.837. The molecular formula is C16H21N3O8. The highest BCUT2D eigenvalue weighted by atomic mass is 16.6. The third-order valence-electron chi connectivity index (χ3n) is 3.82. The van der Waals surface area contributed by atoms with E-state index in [1.165, 1.54) is 4.90 Å². The molecule has 0 saturated carbocycles. The van der Waals surface area contributed by atoms with E-state index in [1.807, 2.05) is 0 Å². The summed E-state index contributed by atoms with van der Waals surface area (Å²) >= 11 is 0. The third-order valence-corrected chi connectivity index (χ3v) is 3.82.